The van der Waals surface area contributed by atoms with Crippen LogP contribution in [0.3, 0.4) is 0 Å². The van der Waals surface area contributed by atoms with Gasteiger partial charge in [0.2, 0.25) is 0 Å². The number of ether oxygens (including phenoxy) is 2. The second-order valence-electron chi connectivity index (χ2n) is 4.69. The van der Waals surface area contributed by atoms with E-state index >= 15 is 0 Å². The molecule has 0 saturated carbocycles. The molecule has 0 aliphatic carbocycles. The Bertz CT molecular complexity index is 720. The van der Waals surface area contributed by atoms with Gasteiger partial charge < -0.3 is 9.47 Å². The number of halogens is 8. The minimum atomic E-state index is -4.92. The SMILES string of the molecule is FC(F)Oc1cc(-c2ccc(OC(F)(F)F)cc2)cc(C(F)(F)F)c1. The molecule has 0 unspecified atom stereocenters. The molecule has 0 bridgehead atoms. The van der Waals surface area contributed by atoms with Gasteiger partial charge in [-0.05, 0) is 41.5 Å². The van der Waals surface area contributed by atoms with E-state index in [1.165, 1.54) is 0 Å². The van der Waals surface area contributed by atoms with Gasteiger partial charge in [-0.15, -0.1) is 13.2 Å². The highest BCUT2D eigenvalue weighted by Crippen LogP contribution is 2.36. The lowest BCUT2D eigenvalue weighted by Crippen LogP contribution is -2.16. The van der Waals surface area contributed by atoms with E-state index in [-0.39, 0.29) is 11.1 Å². The van der Waals surface area contributed by atoms with Crippen molar-refractivity contribution in [3.8, 4) is 22.6 Å². The summed E-state index contributed by atoms with van der Waals surface area (Å²) in [4.78, 5) is 0. The van der Waals surface area contributed by atoms with Gasteiger partial charge in [-0.3, -0.25) is 0 Å². The molecule has 0 radical (unpaired) electrons. The summed E-state index contributed by atoms with van der Waals surface area (Å²) in [5.74, 6) is -1.30. The van der Waals surface area contributed by atoms with Gasteiger partial charge in [0.15, 0.2) is 0 Å². The Balaban J connectivity index is 2.40. The largest absolute Gasteiger partial charge is 0.573 e. The molecule has 0 aliphatic heterocycles. The third-order valence-corrected chi connectivity index (χ3v) is 2.88. The Kier molecular flexibility index (Phi) is 5.09. The fourth-order valence-electron chi connectivity index (χ4n) is 1.95. The third-order valence-electron chi connectivity index (χ3n) is 2.88. The van der Waals surface area contributed by atoms with E-state index in [1.54, 1.807) is 0 Å². The first-order valence-corrected chi connectivity index (χ1v) is 6.47. The highest BCUT2D eigenvalue weighted by molar-refractivity contribution is 5.67. The smallest absolute Gasteiger partial charge is 0.435 e. The fourth-order valence-corrected chi connectivity index (χ4v) is 1.95. The van der Waals surface area contributed by atoms with Crippen molar-refractivity contribution in [3.05, 3.63) is 48.0 Å². The summed E-state index contributed by atoms with van der Waals surface area (Å²) in [6, 6.07) is 5.87. The predicted octanol–water partition coefficient (Wildman–Crippen LogP) is 5.87. The standard InChI is InChI=1S/C15H8F8O2/c16-13(17)24-12-6-9(5-10(7-12)14(18,19)20)8-1-3-11(4-2-8)25-15(21,22)23/h1-7,13H. The first-order chi connectivity index (χ1) is 11.4. The van der Waals surface area contributed by atoms with Crippen molar-refractivity contribution in [1.82, 2.24) is 0 Å². The van der Waals surface area contributed by atoms with Crippen molar-refractivity contribution >= 4 is 0 Å². The van der Waals surface area contributed by atoms with E-state index in [9.17, 15) is 35.1 Å². The lowest BCUT2D eigenvalue weighted by Gasteiger charge is -2.13. The van der Waals surface area contributed by atoms with Crippen LogP contribution in [0.15, 0.2) is 42.5 Å². The summed E-state index contributed by atoms with van der Waals surface area (Å²) in [6.07, 6.45) is -9.74. The zero-order valence-corrected chi connectivity index (χ0v) is 12.0. The highest BCUT2D eigenvalue weighted by atomic mass is 19.4. The lowest BCUT2D eigenvalue weighted by atomic mass is 10.0. The van der Waals surface area contributed by atoms with Gasteiger partial charge in [-0.25, -0.2) is 0 Å². The van der Waals surface area contributed by atoms with Crippen LogP contribution in [0.5, 0.6) is 11.5 Å². The van der Waals surface area contributed by atoms with Gasteiger partial charge in [-0.2, -0.15) is 22.0 Å². The molecular formula is C15H8F8O2. The van der Waals surface area contributed by atoms with Crippen molar-refractivity contribution in [2.75, 3.05) is 0 Å². The Labute approximate surface area is 135 Å². The molecule has 0 aromatic heterocycles. The van der Waals surface area contributed by atoms with E-state index in [0.717, 1.165) is 30.3 Å². The summed E-state index contributed by atoms with van der Waals surface area (Å²) >= 11 is 0. The van der Waals surface area contributed by atoms with Gasteiger partial charge >= 0.3 is 19.2 Å². The monoisotopic (exact) mass is 372 g/mol. The molecule has 2 rings (SSSR count). The van der Waals surface area contributed by atoms with Crippen LogP contribution < -0.4 is 9.47 Å². The van der Waals surface area contributed by atoms with E-state index in [0.29, 0.717) is 12.1 Å². The second kappa shape index (κ2) is 6.77. The van der Waals surface area contributed by atoms with Crippen LogP contribution in [0.2, 0.25) is 0 Å². The van der Waals surface area contributed by atoms with E-state index in [2.05, 4.69) is 9.47 Å². The minimum Gasteiger partial charge on any atom is -0.435 e. The second-order valence-corrected chi connectivity index (χ2v) is 4.69. The van der Waals surface area contributed by atoms with Crippen LogP contribution in [0, 0.1) is 0 Å². The molecule has 2 nitrogen and oxygen atoms in total. The number of hydrogen-bond donors (Lipinski definition) is 0. The van der Waals surface area contributed by atoms with Crippen molar-refractivity contribution < 1.29 is 44.6 Å². The van der Waals surface area contributed by atoms with Gasteiger partial charge in [0.05, 0.1) is 5.56 Å². The van der Waals surface area contributed by atoms with Crippen LogP contribution in [0.25, 0.3) is 11.1 Å². The van der Waals surface area contributed by atoms with Gasteiger partial charge in [0.1, 0.15) is 11.5 Å². The molecule has 136 valence electrons. The molecular weight excluding hydrogens is 364 g/mol. The maximum Gasteiger partial charge on any atom is 0.573 e. The molecule has 0 amide bonds. The minimum absolute atomic E-state index is 0.0553. The van der Waals surface area contributed by atoms with E-state index in [4.69, 9.17) is 0 Å². The summed E-state index contributed by atoms with van der Waals surface area (Å²) in [5, 5.41) is 0. The van der Waals surface area contributed by atoms with Crippen LogP contribution in [-0.4, -0.2) is 13.0 Å². The molecule has 0 fully saturated rings. The van der Waals surface area contributed by atoms with Crippen LogP contribution in [0.1, 0.15) is 5.56 Å². The molecule has 0 saturated heterocycles. The van der Waals surface area contributed by atoms with Crippen molar-refractivity contribution in [2.24, 2.45) is 0 Å². The van der Waals surface area contributed by atoms with Gasteiger partial charge in [0.25, 0.3) is 0 Å². The van der Waals surface area contributed by atoms with Gasteiger partial charge in [-0.1, -0.05) is 12.1 Å². The zero-order chi connectivity index (χ0) is 18.8. The van der Waals surface area contributed by atoms with E-state index in [1.807, 2.05) is 0 Å². The van der Waals surface area contributed by atoms with Crippen LogP contribution in [0.4, 0.5) is 35.1 Å². The molecule has 10 heteroatoms. The summed E-state index contributed by atoms with van der Waals surface area (Å²) in [7, 11) is 0. The summed E-state index contributed by atoms with van der Waals surface area (Å²) in [6.45, 7) is -3.33. The highest BCUT2D eigenvalue weighted by Gasteiger charge is 2.32. The molecule has 0 aliphatic rings. The number of hydrogen-bond acceptors (Lipinski definition) is 2. The average Bonchev–Trinajstić information content (AvgIpc) is 2.44. The number of rotatable bonds is 4. The molecule has 0 atom stereocenters. The Morgan fingerprint density at radius 3 is 1.80 bits per heavy atom. The summed E-state index contributed by atoms with van der Waals surface area (Å²) in [5.41, 5.74) is -1.35. The predicted molar refractivity (Wildman–Crippen MR) is 70.2 cm³/mol. The van der Waals surface area contributed by atoms with Crippen molar-refractivity contribution in [3.63, 3.8) is 0 Å². The maximum atomic E-state index is 12.9. The molecule has 2 aromatic carbocycles. The topological polar surface area (TPSA) is 18.5 Å². The number of benzene rings is 2. The Hall–Kier alpha value is -2.52. The van der Waals surface area contributed by atoms with Crippen molar-refractivity contribution in [2.45, 2.75) is 19.2 Å². The quantitative estimate of drug-likeness (QED) is 0.625. The Morgan fingerprint density at radius 1 is 0.720 bits per heavy atom. The normalized spacial score (nSPS) is 12.4. The zero-order valence-electron chi connectivity index (χ0n) is 12.0. The third kappa shape index (κ3) is 5.50. The molecule has 0 N–H and O–H groups in total. The maximum absolute atomic E-state index is 12.9. The molecule has 0 heterocycles. The molecule has 0 spiro atoms. The van der Waals surface area contributed by atoms with Gasteiger partial charge in [0, 0.05) is 0 Å². The summed E-state index contributed by atoms with van der Waals surface area (Å²) < 4.78 is 107. The fraction of sp³-hybridized carbons (Fsp3) is 0.200. The average molecular weight is 372 g/mol. The first-order valence-electron chi connectivity index (χ1n) is 6.47. The molecule has 2 aromatic rings. The van der Waals surface area contributed by atoms with Crippen LogP contribution >= 0.6 is 0 Å². The Morgan fingerprint density at radius 2 is 1.32 bits per heavy atom. The van der Waals surface area contributed by atoms with Crippen LogP contribution in [-0.2, 0) is 6.18 Å². The number of alkyl halides is 8. The lowest BCUT2D eigenvalue weighted by molar-refractivity contribution is -0.274. The van der Waals surface area contributed by atoms with E-state index < -0.39 is 36.2 Å². The molecule has 25 heavy (non-hydrogen) atoms. The van der Waals surface area contributed by atoms with Crippen molar-refractivity contribution in [1.29, 1.82) is 0 Å². The first kappa shape index (κ1) is 18.8.